The van der Waals surface area contributed by atoms with Crippen molar-refractivity contribution in [3.05, 3.63) is 65.2 Å². The number of carbonyl (C=O) groups is 2. The Bertz CT molecular complexity index is 758. The summed E-state index contributed by atoms with van der Waals surface area (Å²) in [6.07, 6.45) is 0.829. The summed E-state index contributed by atoms with van der Waals surface area (Å²) in [6.45, 7) is 3.17. The number of hydrogen-bond donors (Lipinski definition) is 2. The Morgan fingerprint density at radius 2 is 1.88 bits per heavy atom. The highest BCUT2D eigenvalue weighted by molar-refractivity contribution is 6.05. The van der Waals surface area contributed by atoms with E-state index in [-0.39, 0.29) is 17.9 Å². The van der Waals surface area contributed by atoms with Crippen LogP contribution in [0, 0.1) is 6.92 Å². The number of anilines is 1. The summed E-state index contributed by atoms with van der Waals surface area (Å²) < 4.78 is 0. The maximum atomic E-state index is 12.6. The molecule has 2 amide bonds. The minimum Gasteiger partial charge on any atom is -0.337 e. The molecule has 3 N–H and O–H groups in total. The largest absolute Gasteiger partial charge is 0.337 e. The molecular formula is C19H21N3O2. The van der Waals surface area contributed by atoms with E-state index >= 15 is 0 Å². The van der Waals surface area contributed by atoms with E-state index in [0.29, 0.717) is 29.9 Å². The molecule has 1 saturated heterocycles. The predicted octanol–water partition coefficient (Wildman–Crippen LogP) is 2.42. The highest BCUT2D eigenvalue weighted by atomic mass is 16.2. The van der Waals surface area contributed by atoms with Gasteiger partial charge in [0.15, 0.2) is 0 Å². The highest BCUT2D eigenvalue weighted by Crippen LogP contribution is 2.20. The van der Waals surface area contributed by atoms with Crippen molar-refractivity contribution in [1.29, 1.82) is 0 Å². The third-order valence-corrected chi connectivity index (χ3v) is 4.28. The van der Waals surface area contributed by atoms with Gasteiger partial charge in [0.05, 0.1) is 0 Å². The van der Waals surface area contributed by atoms with E-state index in [9.17, 15) is 9.59 Å². The quantitative estimate of drug-likeness (QED) is 0.911. The molecule has 0 radical (unpaired) electrons. The fourth-order valence-corrected chi connectivity index (χ4v) is 2.83. The van der Waals surface area contributed by atoms with E-state index in [1.807, 2.05) is 31.2 Å². The summed E-state index contributed by atoms with van der Waals surface area (Å²) in [7, 11) is 0. The average molecular weight is 323 g/mol. The third kappa shape index (κ3) is 3.46. The lowest BCUT2D eigenvalue weighted by atomic mass is 10.1. The van der Waals surface area contributed by atoms with Gasteiger partial charge in [0.1, 0.15) is 0 Å². The van der Waals surface area contributed by atoms with Gasteiger partial charge < -0.3 is 16.0 Å². The van der Waals surface area contributed by atoms with Crippen LogP contribution in [0.5, 0.6) is 0 Å². The number of nitrogens with one attached hydrogen (secondary N) is 1. The number of aryl methyl sites for hydroxylation is 1. The molecule has 3 rings (SSSR count). The van der Waals surface area contributed by atoms with Crippen molar-refractivity contribution in [2.75, 3.05) is 18.4 Å². The number of hydrogen-bond acceptors (Lipinski definition) is 3. The molecule has 2 aromatic carbocycles. The normalized spacial score (nSPS) is 16.9. The van der Waals surface area contributed by atoms with Gasteiger partial charge in [-0.25, -0.2) is 0 Å². The number of benzene rings is 2. The van der Waals surface area contributed by atoms with Crippen LogP contribution in [0.4, 0.5) is 5.69 Å². The van der Waals surface area contributed by atoms with E-state index in [4.69, 9.17) is 5.73 Å². The molecule has 5 heteroatoms. The molecule has 5 nitrogen and oxygen atoms in total. The van der Waals surface area contributed by atoms with Gasteiger partial charge in [0, 0.05) is 35.9 Å². The molecule has 0 aromatic heterocycles. The lowest BCUT2D eigenvalue weighted by Gasteiger charge is -2.17. The summed E-state index contributed by atoms with van der Waals surface area (Å²) in [5, 5.41) is 2.89. The van der Waals surface area contributed by atoms with Crippen LogP contribution in [0.25, 0.3) is 0 Å². The van der Waals surface area contributed by atoms with Gasteiger partial charge in [0.2, 0.25) is 0 Å². The zero-order valence-electron chi connectivity index (χ0n) is 13.7. The SMILES string of the molecule is Cc1ccc(C(=O)N2CC[C@@H](N)C2)cc1NC(=O)c1ccccc1. The summed E-state index contributed by atoms with van der Waals surface area (Å²) >= 11 is 0. The number of carbonyl (C=O) groups excluding carboxylic acids is 2. The number of amides is 2. The van der Waals surface area contributed by atoms with Crippen LogP contribution in [-0.2, 0) is 0 Å². The van der Waals surface area contributed by atoms with Gasteiger partial charge in [-0.15, -0.1) is 0 Å². The molecule has 2 aromatic rings. The molecule has 0 spiro atoms. The zero-order valence-corrected chi connectivity index (χ0v) is 13.7. The Morgan fingerprint density at radius 1 is 1.12 bits per heavy atom. The molecule has 1 aliphatic heterocycles. The van der Waals surface area contributed by atoms with Crippen LogP contribution in [0.2, 0.25) is 0 Å². The van der Waals surface area contributed by atoms with Crippen LogP contribution in [0.15, 0.2) is 48.5 Å². The predicted molar refractivity (Wildman–Crippen MR) is 94.1 cm³/mol. The minimum atomic E-state index is -0.188. The van der Waals surface area contributed by atoms with Crippen LogP contribution >= 0.6 is 0 Å². The van der Waals surface area contributed by atoms with E-state index in [1.165, 1.54) is 0 Å². The third-order valence-electron chi connectivity index (χ3n) is 4.28. The van der Waals surface area contributed by atoms with Crippen molar-refractivity contribution in [2.24, 2.45) is 5.73 Å². The van der Waals surface area contributed by atoms with E-state index < -0.39 is 0 Å². The lowest BCUT2D eigenvalue weighted by Crippen LogP contribution is -2.31. The van der Waals surface area contributed by atoms with Crippen molar-refractivity contribution >= 4 is 17.5 Å². The molecule has 0 unspecified atom stereocenters. The van der Waals surface area contributed by atoms with E-state index in [2.05, 4.69) is 5.32 Å². The topological polar surface area (TPSA) is 75.4 Å². The molecule has 24 heavy (non-hydrogen) atoms. The Labute approximate surface area is 141 Å². The highest BCUT2D eigenvalue weighted by Gasteiger charge is 2.24. The second-order valence-electron chi connectivity index (χ2n) is 6.15. The van der Waals surface area contributed by atoms with Crippen LogP contribution < -0.4 is 11.1 Å². The van der Waals surface area contributed by atoms with Crippen molar-refractivity contribution in [1.82, 2.24) is 4.90 Å². The Kier molecular flexibility index (Phi) is 4.62. The Balaban J connectivity index is 1.79. The molecule has 1 heterocycles. The fourth-order valence-electron chi connectivity index (χ4n) is 2.83. The monoisotopic (exact) mass is 323 g/mol. The smallest absolute Gasteiger partial charge is 0.255 e. The van der Waals surface area contributed by atoms with Gasteiger partial charge in [-0.1, -0.05) is 24.3 Å². The molecule has 124 valence electrons. The molecule has 1 atom stereocenters. The van der Waals surface area contributed by atoms with Crippen LogP contribution in [-0.4, -0.2) is 35.8 Å². The number of nitrogens with zero attached hydrogens (tertiary/aromatic N) is 1. The summed E-state index contributed by atoms with van der Waals surface area (Å²) in [6, 6.07) is 14.4. The van der Waals surface area contributed by atoms with Crippen LogP contribution in [0.1, 0.15) is 32.7 Å². The first-order valence-electron chi connectivity index (χ1n) is 8.06. The molecule has 0 saturated carbocycles. The first-order chi connectivity index (χ1) is 11.5. The van der Waals surface area contributed by atoms with Crippen molar-refractivity contribution in [3.8, 4) is 0 Å². The summed E-state index contributed by atoms with van der Waals surface area (Å²) in [5.74, 6) is -0.232. The number of nitrogens with two attached hydrogens (primary N) is 1. The first-order valence-corrected chi connectivity index (χ1v) is 8.06. The van der Waals surface area contributed by atoms with Crippen molar-refractivity contribution in [2.45, 2.75) is 19.4 Å². The molecule has 0 bridgehead atoms. The zero-order chi connectivity index (χ0) is 17.1. The summed E-state index contributed by atoms with van der Waals surface area (Å²) in [5.41, 5.74) is 8.59. The minimum absolute atomic E-state index is 0.0434. The number of likely N-dealkylation sites (tertiary alicyclic amines) is 1. The second kappa shape index (κ2) is 6.84. The lowest BCUT2D eigenvalue weighted by molar-refractivity contribution is 0.0790. The van der Waals surface area contributed by atoms with Gasteiger partial charge in [0.25, 0.3) is 11.8 Å². The average Bonchev–Trinajstić information content (AvgIpc) is 3.03. The Hall–Kier alpha value is -2.66. The van der Waals surface area contributed by atoms with E-state index in [0.717, 1.165) is 12.0 Å². The fraction of sp³-hybridized carbons (Fsp3) is 0.263. The van der Waals surface area contributed by atoms with E-state index in [1.54, 1.807) is 29.2 Å². The van der Waals surface area contributed by atoms with Gasteiger partial charge in [-0.05, 0) is 43.2 Å². The first kappa shape index (κ1) is 16.2. The maximum absolute atomic E-state index is 12.6. The number of rotatable bonds is 3. The Morgan fingerprint density at radius 3 is 2.54 bits per heavy atom. The molecule has 1 aliphatic rings. The second-order valence-corrected chi connectivity index (χ2v) is 6.15. The van der Waals surface area contributed by atoms with Crippen LogP contribution in [0.3, 0.4) is 0 Å². The molecular weight excluding hydrogens is 302 g/mol. The maximum Gasteiger partial charge on any atom is 0.255 e. The van der Waals surface area contributed by atoms with Gasteiger partial charge >= 0.3 is 0 Å². The van der Waals surface area contributed by atoms with Crippen molar-refractivity contribution in [3.63, 3.8) is 0 Å². The molecule has 1 fully saturated rings. The molecule has 0 aliphatic carbocycles. The van der Waals surface area contributed by atoms with Gasteiger partial charge in [-0.3, -0.25) is 9.59 Å². The summed E-state index contributed by atoms with van der Waals surface area (Å²) in [4.78, 5) is 26.7. The van der Waals surface area contributed by atoms with Crippen molar-refractivity contribution < 1.29 is 9.59 Å². The van der Waals surface area contributed by atoms with Gasteiger partial charge in [-0.2, -0.15) is 0 Å². The standard InChI is InChI=1S/C19H21N3O2/c1-13-7-8-15(19(24)22-10-9-16(20)12-22)11-17(13)21-18(23)14-5-3-2-4-6-14/h2-8,11,16H,9-10,12,20H2,1H3,(H,21,23)/t16-/m1/s1.